The van der Waals surface area contributed by atoms with Crippen molar-refractivity contribution in [3.63, 3.8) is 0 Å². The predicted octanol–water partition coefficient (Wildman–Crippen LogP) is 2.94. The van der Waals surface area contributed by atoms with Crippen LogP contribution in [0.2, 0.25) is 0 Å². The quantitative estimate of drug-likeness (QED) is 0.300. The molecule has 0 saturated heterocycles. The number of carbonyl (C=O) groups excluding carboxylic acids is 1. The summed E-state index contributed by atoms with van der Waals surface area (Å²) in [4.78, 5) is 11.3. The molecule has 0 saturated carbocycles. The number of carbonyl (C=O) groups is 1. The van der Waals surface area contributed by atoms with E-state index >= 15 is 0 Å². The largest absolute Gasteiger partial charge is 0.376 e. The first kappa shape index (κ1) is 16.9. The summed E-state index contributed by atoms with van der Waals surface area (Å²) in [5, 5.41) is 2.89. The molecule has 0 radical (unpaired) electrons. The molecule has 17 heavy (non-hydrogen) atoms. The number of halogens is 1. The highest BCUT2D eigenvalue weighted by Gasteiger charge is 2.00. The van der Waals surface area contributed by atoms with Crippen molar-refractivity contribution in [3.05, 3.63) is 12.2 Å². The standard InChI is InChI=1S/C13H24INO2/c1-11(2)9-15-13(16)7-5-4-6-8-17-10-12(3)14/h4,6,11-12H,5,7-10H2,1-3H3,(H,15,16)/b6-4+. The summed E-state index contributed by atoms with van der Waals surface area (Å²) in [5.41, 5.74) is 0. The third-order valence-corrected chi connectivity index (χ3v) is 2.33. The SMILES string of the molecule is CC(C)CNC(=O)CC/C=C/COCC(C)I. The van der Waals surface area contributed by atoms with Crippen LogP contribution >= 0.6 is 22.6 Å². The van der Waals surface area contributed by atoms with Crippen LogP contribution < -0.4 is 5.32 Å². The molecule has 1 amide bonds. The van der Waals surface area contributed by atoms with Gasteiger partial charge in [-0.05, 0) is 12.3 Å². The number of allylic oxidation sites excluding steroid dienone is 1. The van der Waals surface area contributed by atoms with Crippen LogP contribution in [0.4, 0.5) is 0 Å². The fraction of sp³-hybridized carbons (Fsp3) is 0.769. The second-order valence-electron chi connectivity index (χ2n) is 4.53. The zero-order chi connectivity index (χ0) is 13.1. The van der Waals surface area contributed by atoms with E-state index < -0.39 is 0 Å². The van der Waals surface area contributed by atoms with Crippen molar-refractivity contribution in [1.29, 1.82) is 0 Å². The van der Waals surface area contributed by atoms with Gasteiger partial charge < -0.3 is 10.1 Å². The molecule has 1 unspecified atom stereocenters. The number of amides is 1. The highest BCUT2D eigenvalue weighted by Crippen LogP contribution is 1.98. The monoisotopic (exact) mass is 353 g/mol. The maximum Gasteiger partial charge on any atom is 0.220 e. The molecule has 4 heteroatoms. The molecule has 1 atom stereocenters. The topological polar surface area (TPSA) is 38.3 Å². The number of hydrogen-bond donors (Lipinski definition) is 1. The first-order valence-electron chi connectivity index (χ1n) is 6.16. The lowest BCUT2D eigenvalue weighted by Gasteiger charge is -2.06. The third-order valence-electron chi connectivity index (χ3n) is 1.97. The van der Waals surface area contributed by atoms with Crippen LogP contribution in [0.1, 0.15) is 33.6 Å². The molecule has 0 aromatic carbocycles. The summed E-state index contributed by atoms with van der Waals surface area (Å²) in [5.74, 6) is 0.642. The first-order valence-corrected chi connectivity index (χ1v) is 7.40. The molecule has 0 aliphatic carbocycles. The van der Waals surface area contributed by atoms with Gasteiger partial charge in [0.25, 0.3) is 0 Å². The van der Waals surface area contributed by atoms with Gasteiger partial charge in [0, 0.05) is 16.9 Å². The van der Waals surface area contributed by atoms with Gasteiger partial charge in [-0.15, -0.1) is 0 Å². The van der Waals surface area contributed by atoms with E-state index in [1.807, 2.05) is 12.2 Å². The minimum atomic E-state index is 0.130. The van der Waals surface area contributed by atoms with Gasteiger partial charge in [0.15, 0.2) is 0 Å². The number of nitrogens with one attached hydrogen (secondary N) is 1. The molecular formula is C13H24INO2. The normalized spacial score (nSPS) is 13.2. The molecule has 0 bridgehead atoms. The molecule has 0 fully saturated rings. The first-order chi connectivity index (χ1) is 8.02. The maximum atomic E-state index is 11.3. The Morgan fingerprint density at radius 1 is 1.35 bits per heavy atom. The van der Waals surface area contributed by atoms with E-state index in [9.17, 15) is 4.79 Å². The Hall–Kier alpha value is -0.100. The molecule has 0 spiro atoms. The lowest BCUT2D eigenvalue weighted by molar-refractivity contribution is -0.121. The molecule has 0 heterocycles. The van der Waals surface area contributed by atoms with E-state index in [1.54, 1.807) is 0 Å². The summed E-state index contributed by atoms with van der Waals surface area (Å²) in [7, 11) is 0. The Labute approximate surface area is 119 Å². The van der Waals surface area contributed by atoms with Gasteiger partial charge in [0.05, 0.1) is 13.2 Å². The van der Waals surface area contributed by atoms with E-state index in [4.69, 9.17) is 4.74 Å². The number of rotatable bonds is 9. The van der Waals surface area contributed by atoms with Gasteiger partial charge in [0.2, 0.25) is 5.91 Å². The zero-order valence-corrected chi connectivity index (χ0v) is 13.2. The molecule has 3 nitrogen and oxygen atoms in total. The minimum absolute atomic E-state index is 0.130. The van der Waals surface area contributed by atoms with Crippen LogP contribution in [-0.2, 0) is 9.53 Å². The van der Waals surface area contributed by atoms with E-state index in [-0.39, 0.29) is 5.91 Å². The maximum absolute atomic E-state index is 11.3. The lowest BCUT2D eigenvalue weighted by Crippen LogP contribution is -2.26. The summed E-state index contributed by atoms with van der Waals surface area (Å²) in [6.45, 7) is 8.47. The average Bonchev–Trinajstić information content (AvgIpc) is 2.24. The summed E-state index contributed by atoms with van der Waals surface area (Å²) in [6, 6.07) is 0. The Bertz CT molecular complexity index is 227. The number of alkyl halides is 1. The van der Waals surface area contributed by atoms with Gasteiger partial charge >= 0.3 is 0 Å². The van der Waals surface area contributed by atoms with Crippen molar-refractivity contribution >= 4 is 28.5 Å². The molecule has 100 valence electrons. The van der Waals surface area contributed by atoms with Crippen LogP contribution in [-0.4, -0.2) is 29.6 Å². The van der Waals surface area contributed by atoms with Crippen LogP contribution in [0.15, 0.2) is 12.2 Å². The summed E-state index contributed by atoms with van der Waals surface area (Å²) < 4.78 is 5.93. The van der Waals surface area contributed by atoms with Gasteiger partial charge in [-0.1, -0.05) is 55.5 Å². The highest BCUT2D eigenvalue weighted by molar-refractivity contribution is 14.1. The number of ether oxygens (including phenoxy) is 1. The van der Waals surface area contributed by atoms with Gasteiger partial charge in [-0.25, -0.2) is 0 Å². The smallest absolute Gasteiger partial charge is 0.220 e. The Balaban J connectivity index is 3.37. The molecule has 0 aliphatic rings. The summed E-state index contributed by atoms with van der Waals surface area (Å²) in [6.07, 6.45) is 5.33. The van der Waals surface area contributed by atoms with Crippen LogP contribution in [0.5, 0.6) is 0 Å². The average molecular weight is 353 g/mol. The fourth-order valence-corrected chi connectivity index (χ4v) is 1.36. The van der Waals surface area contributed by atoms with E-state index in [1.165, 1.54) is 0 Å². The third kappa shape index (κ3) is 13.8. The Kier molecular flexibility index (Phi) is 11.0. The minimum Gasteiger partial charge on any atom is -0.376 e. The van der Waals surface area contributed by atoms with Crippen molar-refractivity contribution < 1.29 is 9.53 Å². The van der Waals surface area contributed by atoms with Crippen LogP contribution in [0, 0.1) is 5.92 Å². The molecule has 0 aromatic heterocycles. The molecular weight excluding hydrogens is 329 g/mol. The Morgan fingerprint density at radius 3 is 2.65 bits per heavy atom. The van der Waals surface area contributed by atoms with Gasteiger partial charge in [0.1, 0.15) is 0 Å². The van der Waals surface area contributed by atoms with Gasteiger partial charge in [-0.3, -0.25) is 4.79 Å². The summed E-state index contributed by atoms with van der Waals surface area (Å²) >= 11 is 2.33. The predicted molar refractivity (Wildman–Crippen MR) is 80.5 cm³/mol. The molecule has 1 N–H and O–H groups in total. The Morgan fingerprint density at radius 2 is 2.06 bits per heavy atom. The highest BCUT2D eigenvalue weighted by atomic mass is 127. The lowest BCUT2D eigenvalue weighted by atomic mass is 10.2. The van der Waals surface area contributed by atoms with Crippen molar-refractivity contribution in [1.82, 2.24) is 5.32 Å². The fourth-order valence-electron chi connectivity index (χ4n) is 1.11. The van der Waals surface area contributed by atoms with Crippen LogP contribution in [0.3, 0.4) is 0 Å². The number of hydrogen-bond acceptors (Lipinski definition) is 2. The van der Waals surface area contributed by atoms with Crippen molar-refractivity contribution in [2.45, 2.75) is 37.5 Å². The second-order valence-corrected chi connectivity index (χ2v) is 6.65. The van der Waals surface area contributed by atoms with Crippen molar-refractivity contribution in [3.8, 4) is 0 Å². The van der Waals surface area contributed by atoms with Crippen molar-refractivity contribution in [2.24, 2.45) is 5.92 Å². The van der Waals surface area contributed by atoms with Crippen LogP contribution in [0.25, 0.3) is 0 Å². The molecule has 0 aliphatic heterocycles. The second kappa shape index (κ2) is 11.0. The van der Waals surface area contributed by atoms with Gasteiger partial charge in [-0.2, -0.15) is 0 Å². The zero-order valence-electron chi connectivity index (χ0n) is 11.0. The molecule has 0 rings (SSSR count). The van der Waals surface area contributed by atoms with E-state index in [2.05, 4.69) is 48.7 Å². The van der Waals surface area contributed by atoms with E-state index in [0.29, 0.717) is 22.9 Å². The van der Waals surface area contributed by atoms with Crippen molar-refractivity contribution in [2.75, 3.05) is 19.8 Å². The van der Waals surface area contributed by atoms with E-state index in [0.717, 1.165) is 19.6 Å². The molecule has 0 aromatic rings.